The lowest BCUT2D eigenvalue weighted by Crippen LogP contribution is -2.43. The fourth-order valence-corrected chi connectivity index (χ4v) is 1.96. The maximum atomic E-state index is 12.5. The number of hydrogen-bond acceptors (Lipinski definition) is 3. The van der Waals surface area contributed by atoms with E-state index in [9.17, 15) is 13.2 Å². The number of anilines is 1. The number of nitrogens with zero attached hydrogens (tertiary/aromatic N) is 2. The van der Waals surface area contributed by atoms with Gasteiger partial charge in [0.25, 0.3) is 0 Å². The second-order valence-electron chi connectivity index (χ2n) is 3.74. The highest BCUT2D eigenvalue weighted by Gasteiger charge is 2.34. The highest BCUT2D eigenvalue weighted by molar-refractivity contribution is 6.30. The van der Waals surface area contributed by atoms with Gasteiger partial charge in [-0.1, -0.05) is 11.6 Å². The summed E-state index contributed by atoms with van der Waals surface area (Å²) in [5, 5.41) is 2.66. The Morgan fingerprint density at radius 2 is 1.83 bits per heavy atom. The van der Waals surface area contributed by atoms with Crippen LogP contribution in [-0.4, -0.2) is 31.2 Å². The van der Waals surface area contributed by atoms with Gasteiger partial charge in [0.15, 0.2) is 0 Å². The maximum Gasteiger partial charge on any atom is 0.419 e. The van der Waals surface area contributed by atoms with Crippen molar-refractivity contribution in [2.24, 2.45) is 0 Å². The third-order valence-electron chi connectivity index (χ3n) is 2.58. The molecule has 3 nitrogen and oxygen atoms in total. The zero-order valence-corrected chi connectivity index (χ0v) is 10.9. The molecule has 0 radical (unpaired) electrons. The molecule has 2 heterocycles. The van der Waals surface area contributed by atoms with Crippen LogP contribution in [0.5, 0.6) is 0 Å². The summed E-state index contributed by atoms with van der Waals surface area (Å²) in [6.07, 6.45) is -4.45. The molecule has 1 aliphatic rings. The number of halogens is 5. The third-order valence-corrected chi connectivity index (χ3v) is 2.87. The van der Waals surface area contributed by atoms with Crippen molar-refractivity contribution >= 4 is 29.8 Å². The van der Waals surface area contributed by atoms with Gasteiger partial charge in [-0.05, 0) is 12.1 Å². The van der Waals surface area contributed by atoms with Crippen LogP contribution >= 0.6 is 24.0 Å². The number of aromatic nitrogens is 1. The number of alkyl halides is 3. The molecule has 18 heavy (non-hydrogen) atoms. The molecule has 0 saturated carbocycles. The van der Waals surface area contributed by atoms with Gasteiger partial charge >= 0.3 is 6.18 Å². The van der Waals surface area contributed by atoms with E-state index in [-0.39, 0.29) is 12.4 Å². The van der Waals surface area contributed by atoms with Crippen molar-refractivity contribution in [3.8, 4) is 0 Å². The minimum absolute atomic E-state index is 0. The van der Waals surface area contributed by atoms with E-state index in [2.05, 4.69) is 10.3 Å². The van der Waals surface area contributed by atoms with E-state index in [0.29, 0.717) is 18.9 Å². The molecule has 0 aromatic carbocycles. The predicted molar refractivity (Wildman–Crippen MR) is 66.6 cm³/mol. The summed E-state index contributed by atoms with van der Waals surface area (Å²) in [5.74, 6) is 0.490. The van der Waals surface area contributed by atoms with Gasteiger partial charge in [0.05, 0.1) is 5.56 Å². The smallest absolute Gasteiger partial charge is 0.354 e. The van der Waals surface area contributed by atoms with E-state index in [0.717, 1.165) is 19.2 Å². The number of rotatable bonds is 1. The van der Waals surface area contributed by atoms with Crippen LogP contribution in [0.25, 0.3) is 0 Å². The van der Waals surface area contributed by atoms with Crippen LogP contribution in [-0.2, 0) is 6.18 Å². The Hall–Kier alpha value is -0.720. The van der Waals surface area contributed by atoms with E-state index in [1.165, 1.54) is 6.07 Å². The van der Waals surface area contributed by atoms with Crippen molar-refractivity contribution in [1.29, 1.82) is 0 Å². The first kappa shape index (κ1) is 15.3. The van der Waals surface area contributed by atoms with E-state index in [1.54, 1.807) is 0 Å². The average molecular weight is 302 g/mol. The third kappa shape index (κ3) is 3.40. The minimum Gasteiger partial charge on any atom is -0.354 e. The molecule has 1 fully saturated rings. The lowest BCUT2D eigenvalue weighted by molar-refractivity contribution is -0.137. The van der Waals surface area contributed by atoms with Crippen LogP contribution < -0.4 is 10.2 Å². The van der Waals surface area contributed by atoms with Gasteiger partial charge in [-0.15, -0.1) is 12.4 Å². The standard InChI is InChI=1S/C10H11ClF3N3.ClH/c11-9-7(10(12,13)14)1-2-8(16-9)17-5-3-15-4-6-17;/h1-2,15H,3-6H2;1H. The molecule has 1 aromatic heterocycles. The first-order chi connectivity index (χ1) is 7.98. The van der Waals surface area contributed by atoms with E-state index < -0.39 is 16.9 Å². The summed E-state index contributed by atoms with van der Waals surface area (Å²) in [6, 6.07) is 2.34. The molecule has 0 spiro atoms. The second-order valence-corrected chi connectivity index (χ2v) is 4.10. The first-order valence-corrected chi connectivity index (χ1v) is 5.55. The van der Waals surface area contributed by atoms with Gasteiger partial charge < -0.3 is 10.2 Å². The Bertz CT molecular complexity index is 406. The number of nitrogens with one attached hydrogen (secondary N) is 1. The largest absolute Gasteiger partial charge is 0.419 e. The summed E-state index contributed by atoms with van der Waals surface area (Å²) >= 11 is 5.56. The molecule has 2 rings (SSSR count). The number of pyridine rings is 1. The number of piperazine rings is 1. The van der Waals surface area contributed by atoms with Crippen LogP contribution in [0.15, 0.2) is 12.1 Å². The maximum absolute atomic E-state index is 12.5. The Balaban J connectivity index is 0.00000162. The molecule has 1 saturated heterocycles. The average Bonchev–Trinajstić information content (AvgIpc) is 2.28. The normalized spacial score (nSPS) is 16.3. The summed E-state index contributed by atoms with van der Waals surface area (Å²) in [5.41, 5.74) is -0.891. The monoisotopic (exact) mass is 301 g/mol. The molecular weight excluding hydrogens is 290 g/mol. The first-order valence-electron chi connectivity index (χ1n) is 5.18. The molecule has 1 aliphatic heterocycles. The molecule has 102 valence electrons. The van der Waals surface area contributed by atoms with E-state index in [4.69, 9.17) is 11.6 Å². The van der Waals surface area contributed by atoms with Gasteiger partial charge in [0.2, 0.25) is 0 Å². The topological polar surface area (TPSA) is 28.2 Å². The van der Waals surface area contributed by atoms with Gasteiger partial charge in [-0.3, -0.25) is 0 Å². The lowest BCUT2D eigenvalue weighted by atomic mass is 10.2. The zero-order valence-electron chi connectivity index (χ0n) is 9.30. The summed E-state index contributed by atoms with van der Waals surface area (Å²) in [4.78, 5) is 5.71. The van der Waals surface area contributed by atoms with Gasteiger partial charge in [-0.2, -0.15) is 13.2 Å². The van der Waals surface area contributed by atoms with Crippen LogP contribution in [0.1, 0.15) is 5.56 Å². The summed E-state index contributed by atoms with van der Waals surface area (Å²) in [6.45, 7) is 3.02. The second kappa shape index (κ2) is 5.95. The van der Waals surface area contributed by atoms with Crippen molar-refractivity contribution in [2.45, 2.75) is 6.18 Å². The molecule has 0 unspecified atom stereocenters. The fourth-order valence-electron chi connectivity index (χ4n) is 1.71. The van der Waals surface area contributed by atoms with Crippen LogP contribution in [0, 0.1) is 0 Å². The van der Waals surface area contributed by atoms with Gasteiger partial charge in [-0.25, -0.2) is 4.98 Å². The molecule has 1 N–H and O–H groups in total. The fraction of sp³-hybridized carbons (Fsp3) is 0.500. The zero-order chi connectivity index (χ0) is 12.5. The Labute approximate surface area is 114 Å². The minimum atomic E-state index is -4.45. The van der Waals surface area contributed by atoms with Crippen molar-refractivity contribution in [3.63, 3.8) is 0 Å². The Morgan fingerprint density at radius 3 is 2.33 bits per heavy atom. The Morgan fingerprint density at radius 1 is 1.22 bits per heavy atom. The Kier molecular flexibility index (Phi) is 5.07. The van der Waals surface area contributed by atoms with Crippen LogP contribution in [0.3, 0.4) is 0 Å². The highest BCUT2D eigenvalue weighted by atomic mass is 35.5. The predicted octanol–water partition coefficient (Wildman–Crippen LogP) is 2.59. The van der Waals surface area contributed by atoms with E-state index in [1.807, 2.05) is 4.90 Å². The van der Waals surface area contributed by atoms with Gasteiger partial charge in [0, 0.05) is 26.2 Å². The molecule has 0 bridgehead atoms. The van der Waals surface area contributed by atoms with E-state index >= 15 is 0 Å². The van der Waals surface area contributed by atoms with Gasteiger partial charge in [0.1, 0.15) is 11.0 Å². The summed E-state index contributed by atoms with van der Waals surface area (Å²) < 4.78 is 37.4. The van der Waals surface area contributed by atoms with Crippen molar-refractivity contribution in [2.75, 3.05) is 31.1 Å². The van der Waals surface area contributed by atoms with Crippen LogP contribution in [0.2, 0.25) is 5.15 Å². The molecular formula is C10H12Cl2F3N3. The molecule has 0 atom stereocenters. The van der Waals surface area contributed by atoms with Crippen molar-refractivity contribution < 1.29 is 13.2 Å². The SMILES string of the molecule is Cl.FC(F)(F)c1ccc(N2CCNCC2)nc1Cl. The quantitative estimate of drug-likeness (QED) is 0.808. The highest BCUT2D eigenvalue weighted by Crippen LogP contribution is 2.34. The lowest BCUT2D eigenvalue weighted by Gasteiger charge is -2.28. The van der Waals surface area contributed by atoms with Crippen molar-refractivity contribution in [3.05, 3.63) is 22.8 Å². The molecule has 8 heteroatoms. The van der Waals surface area contributed by atoms with Crippen molar-refractivity contribution in [1.82, 2.24) is 10.3 Å². The van der Waals surface area contributed by atoms with Crippen LogP contribution in [0.4, 0.5) is 19.0 Å². The molecule has 1 aromatic rings. The number of hydrogen-bond donors (Lipinski definition) is 1. The summed E-state index contributed by atoms with van der Waals surface area (Å²) in [7, 11) is 0. The molecule has 0 amide bonds. The molecule has 0 aliphatic carbocycles.